The van der Waals surface area contributed by atoms with Crippen molar-refractivity contribution in [2.45, 2.75) is 5.72 Å². The highest BCUT2D eigenvalue weighted by atomic mass is 16.5. The minimum Gasteiger partial charge on any atom is -0.493 e. The highest BCUT2D eigenvalue weighted by Gasteiger charge is 2.61. The molecule has 1 unspecified atom stereocenters. The SMILES string of the molecule is COc1cc2c(c(OC)c1OC)C(=O)C1(O)c3ccccc3C(=O)N21. The van der Waals surface area contributed by atoms with Crippen molar-refractivity contribution in [1.82, 2.24) is 0 Å². The largest absolute Gasteiger partial charge is 0.493 e. The van der Waals surface area contributed by atoms with E-state index in [1.165, 1.54) is 27.4 Å². The van der Waals surface area contributed by atoms with Gasteiger partial charge in [0.1, 0.15) is 0 Å². The summed E-state index contributed by atoms with van der Waals surface area (Å²) >= 11 is 0. The van der Waals surface area contributed by atoms with Crippen LogP contribution in [0, 0.1) is 0 Å². The second-order valence-corrected chi connectivity index (χ2v) is 5.73. The Balaban J connectivity index is 2.06. The number of nitrogens with zero attached hydrogens (tertiary/aromatic N) is 1. The Bertz CT molecular complexity index is 937. The first kappa shape index (κ1) is 15.5. The van der Waals surface area contributed by atoms with E-state index in [9.17, 15) is 14.7 Å². The van der Waals surface area contributed by atoms with Crippen molar-refractivity contribution >= 4 is 17.4 Å². The Labute approximate surface area is 143 Å². The van der Waals surface area contributed by atoms with Crippen LogP contribution in [0.3, 0.4) is 0 Å². The standard InChI is InChI=1S/C18H15NO6/c1-23-12-8-11-13(15(25-3)14(12)24-2)16(20)18(22)10-7-5-4-6-9(10)17(21)19(11)18/h4-8,22H,1-3H3. The van der Waals surface area contributed by atoms with Gasteiger partial charge in [-0.3, -0.25) is 14.5 Å². The number of ketones is 1. The summed E-state index contributed by atoms with van der Waals surface area (Å²) in [5.41, 5.74) is -1.24. The van der Waals surface area contributed by atoms with Crippen molar-refractivity contribution in [1.29, 1.82) is 0 Å². The van der Waals surface area contributed by atoms with Crippen molar-refractivity contribution in [3.05, 3.63) is 47.0 Å². The van der Waals surface area contributed by atoms with E-state index in [0.29, 0.717) is 5.75 Å². The molecular formula is C18H15NO6. The minimum absolute atomic E-state index is 0.0884. The number of benzene rings is 2. The van der Waals surface area contributed by atoms with E-state index in [-0.39, 0.29) is 33.9 Å². The molecule has 0 spiro atoms. The van der Waals surface area contributed by atoms with Crippen LogP contribution in [0.1, 0.15) is 26.3 Å². The molecule has 1 N–H and O–H groups in total. The summed E-state index contributed by atoms with van der Waals surface area (Å²) in [6, 6.07) is 8.00. The molecule has 0 saturated carbocycles. The van der Waals surface area contributed by atoms with Crippen LogP contribution in [-0.2, 0) is 5.72 Å². The van der Waals surface area contributed by atoms with Crippen LogP contribution in [0.4, 0.5) is 5.69 Å². The quantitative estimate of drug-likeness (QED) is 0.915. The summed E-state index contributed by atoms with van der Waals surface area (Å²) in [5.74, 6) is -0.463. The molecule has 2 aliphatic heterocycles. The van der Waals surface area contributed by atoms with E-state index in [4.69, 9.17) is 14.2 Å². The first-order valence-corrected chi connectivity index (χ1v) is 7.54. The number of amides is 1. The Hall–Kier alpha value is -3.06. The molecule has 128 valence electrons. The molecule has 2 aromatic rings. The van der Waals surface area contributed by atoms with Gasteiger partial charge in [0, 0.05) is 17.2 Å². The molecular weight excluding hydrogens is 326 g/mol. The maximum Gasteiger partial charge on any atom is 0.261 e. The zero-order valence-corrected chi connectivity index (χ0v) is 13.8. The van der Waals surface area contributed by atoms with Gasteiger partial charge >= 0.3 is 0 Å². The van der Waals surface area contributed by atoms with Crippen LogP contribution >= 0.6 is 0 Å². The first-order valence-electron chi connectivity index (χ1n) is 7.54. The van der Waals surface area contributed by atoms with Gasteiger partial charge in [-0.25, -0.2) is 0 Å². The van der Waals surface area contributed by atoms with Crippen LogP contribution in [0.2, 0.25) is 0 Å². The summed E-state index contributed by atoms with van der Waals surface area (Å²) in [6.45, 7) is 0. The lowest BCUT2D eigenvalue weighted by Crippen LogP contribution is -2.44. The van der Waals surface area contributed by atoms with Gasteiger partial charge in [0.25, 0.3) is 5.91 Å². The van der Waals surface area contributed by atoms with Gasteiger partial charge in [0.2, 0.25) is 17.3 Å². The third-order valence-corrected chi connectivity index (χ3v) is 4.65. The fourth-order valence-electron chi connectivity index (χ4n) is 3.58. The Kier molecular flexibility index (Phi) is 3.07. The monoisotopic (exact) mass is 341 g/mol. The molecule has 1 amide bonds. The summed E-state index contributed by atoms with van der Waals surface area (Å²) < 4.78 is 15.9. The third kappa shape index (κ3) is 1.63. The number of hydrogen-bond acceptors (Lipinski definition) is 6. The summed E-state index contributed by atoms with van der Waals surface area (Å²) in [5, 5.41) is 11.2. The van der Waals surface area contributed by atoms with Gasteiger partial charge in [0.05, 0.1) is 32.6 Å². The third-order valence-electron chi connectivity index (χ3n) is 4.65. The van der Waals surface area contributed by atoms with E-state index in [1.54, 1.807) is 24.3 Å². The summed E-state index contributed by atoms with van der Waals surface area (Å²) in [4.78, 5) is 27.1. The molecule has 0 aromatic heterocycles. The van der Waals surface area contributed by atoms with E-state index in [2.05, 4.69) is 0 Å². The zero-order chi connectivity index (χ0) is 17.9. The lowest BCUT2D eigenvalue weighted by molar-refractivity contribution is 0.0358. The van der Waals surface area contributed by atoms with Crippen LogP contribution in [-0.4, -0.2) is 38.1 Å². The average Bonchev–Trinajstić information content (AvgIpc) is 3.01. The second-order valence-electron chi connectivity index (χ2n) is 5.73. The number of carbonyl (C=O) groups is 2. The van der Waals surface area contributed by atoms with Gasteiger partial charge < -0.3 is 19.3 Å². The number of carbonyl (C=O) groups excluding carboxylic acids is 2. The maximum atomic E-state index is 13.1. The number of aliphatic hydroxyl groups is 1. The van der Waals surface area contributed by atoms with E-state index in [0.717, 1.165) is 4.90 Å². The topological polar surface area (TPSA) is 85.3 Å². The second kappa shape index (κ2) is 4.97. The van der Waals surface area contributed by atoms with Crippen LogP contribution in [0.15, 0.2) is 30.3 Å². The Morgan fingerprint density at radius 3 is 2.32 bits per heavy atom. The molecule has 4 rings (SSSR count). The van der Waals surface area contributed by atoms with Gasteiger partial charge in [-0.1, -0.05) is 18.2 Å². The molecule has 0 fully saturated rings. The van der Waals surface area contributed by atoms with Crippen LogP contribution < -0.4 is 19.1 Å². The van der Waals surface area contributed by atoms with Crippen molar-refractivity contribution < 1.29 is 28.9 Å². The summed E-state index contributed by atoms with van der Waals surface area (Å²) in [6.07, 6.45) is 0. The highest BCUT2D eigenvalue weighted by molar-refractivity contribution is 6.28. The Morgan fingerprint density at radius 2 is 1.68 bits per heavy atom. The van der Waals surface area contributed by atoms with Crippen molar-refractivity contribution in [2.24, 2.45) is 0 Å². The minimum atomic E-state index is -2.10. The molecule has 2 aromatic carbocycles. The fourth-order valence-corrected chi connectivity index (χ4v) is 3.58. The van der Waals surface area contributed by atoms with Crippen molar-refractivity contribution in [3.8, 4) is 17.2 Å². The van der Waals surface area contributed by atoms with Crippen LogP contribution in [0.25, 0.3) is 0 Å². The zero-order valence-electron chi connectivity index (χ0n) is 13.8. The molecule has 0 bridgehead atoms. The predicted octanol–water partition coefficient (Wildman–Crippen LogP) is 1.71. The molecule has 7 heteroatoms. The molecule has 7 nitrogen and oxygen atoms in total. The number of Topliss-reactive ketones (excluding diaryl/α,β-unsaturated/α-hetero) is 1. The van der Waals surface area contributed by atoms with Crippen LogP contribution in [0.5, 0.6) is 17.2 Å². The highest BCUT2D eigenvalue weighted by Crippen LogP contribution is 2.56. The number of ether oxygens (including phenoxy) is 3. The number of methoxy groups -OCH3 is 3. The van der Waals surface area contributed by atoms with Gasteiger partial charge in [0.15, 0.2) is 11.5 Å². The Morgan fingerprint density at radius 1 is 1.00 bits per heavy atom. The predicted molar refractivity (Wildman–Crippen MR) is 87.6 cm³/mol. The average molecular weight is 341 g/mol. The number of hydrogen-bond donors (Lipinski definition) is 1. The molecule has 0 radical (unpaired) electrons. The normalized spacial score (nSPS) is 20.2. The van der Waals surface area contributed by atoms with E-state index >= 15 is 0 Å². The summed E-state index contributed by atoms with van der Waals surface area (Å²) in [7, 11) is 4.24. The molecule has 2 aliphatic rings. The molecule has 2 heterocycles. The first-order chi connectivity index (χ1) is 12.0. The molecule has 0 saturated heterocycles. The van der Waals surface area contributed by atoms with Gasteiger partial charge in [-0.15, -0.1) is 0 Å². The van der Waals surface area contributed by atoms with Crippen molar-refractivity contribution in [2.75, 3.05) is 26.2 Å². The van der Waals surface area contributed by atoms with E-state index in [1.807, 2.05) is 0 Å². The van der Waals surface area contributed by atoms with Gasteiger partial charge in [-0.05, 0) is 6.07 Å². The lowest BCUT2D eigenvalue weighted by Gasteiger charge is -2.25. The van der Waals surface area contributed by atoms with E-state index < -0.39 is 17.4 Å². The molecule has 25 heavy (non-hydrogen) atoms. The molecule has 0 aliphatic carbocycles. The van der Waals surface area contributed by atoms with Gasteiger partial charge in [-0.2, -0.15) is 0 Å². The number of fused-ring (bicyclic) bond motifs is 5. The lowest BCUT2D eigenvalue weighted by atomic mass is 9.95. The molecule has 1 atom stereocenters. The number of anilines is 1. The number of rotatable bonds is 3. The van der Waals surface area contributed by atoms with Crippen molar-refractivity contribution in [3.63, 3.8) is 0 Å². The fraction of sp³-hybridized carbons (Fsp3) is 0.222. The smallest absolute Gasteiger partial charge is 0.261 e. The maximum absolute atomic E-state index is 13.1.